The van der Waals surface area contributed by atoms with E-state index in [1.807, 2.05) is 29.5 Å². The maximum Gasteiger partial charge on any atom is 0.160 e. The van der Waals surface area contributed by atoms with Gasteiger partial charge in [-0.05, 0) is 78.8 Å². The van der Waals surface area contributed by atoms with Crippen LogP contribution in [0, 0.1) is 0 Å². The number of thiophene rings is 1. The lowest BCUT2D eigenvalue weighted by atomic mass is 9.89. The molecule has 2 aromatic heterocycles. The second-order valence-corrected chi connectivity index (χ2v) is 15.2. The first-order chi connectivity index (χ1) is 27.2. The normalized spacial score (nSPS) is 11.6. The van der Waals surface area contributed by atoms with E-state index in [1.165, 1.54) is 74.7 Å². The van der Waals surface area contributed by atoms with Crippen LogP contribution in [0.2, 0.25) is 0 Å². The van der Waals surface area contributed by atoms with Crippen LogP contribution in [-0.4, -0.2) is 9.97 Å². The number of hydrogen-bond acceptors (Lipinski definition) is 3. The molecule has 0 radical (unpaired) electrons. The molecule has 3 heteroatoms. The number of fused-ring (bicyclic) bond motifs is 7. The summed E-state index contributed by atoms with van der Waals surface area (Å²) in [4.78, 5) is 10.3. The fraction of sp³-hybridized carbons (Fsp3) is 0. The molecule has 0 bridgehead atoms. The Balaban J connectivity index is 1.02. The number of benzene rings is 9. The lowest BCUT2D eigenvalue weighted by Gasteiger charge is -2.15. The minimum atomic E-state index is 0.711. The standard InChI is InChI=1S/C52H32N2S/c1-2-12-38(13-3-1)52-53-46(35-23-21-34(22-24-35)41-18-10-20-49-51(41)44-17-8-9-19-48(44)55-49)32-47(54-52)36-25-27-37(28-26-36)50-42-16-7-5-14-39(42)31-45-40-15-6-4-11-33(40)29-30-43(45)50/h1-32H. The van der Waals surface area contributed by atoms with E-state index in [0.29, 0.717) is 5.82 Å². The zero-order valence-electron chi connectivity index (χ0n) is 29.8. The van der Waals surface area contributed by atoms with Crippen molar-refractivity contribution < 1.29 is 0 Å². The molecule has 55 heavy (non-hydrogen) atoms. The van der Waals surface area contributed by atoms with Crippen molar-refractivity contribution >= 4 is 63.8 Å². The third-order valence-corrected chi connectivity index (χ3v) is 12.0. The van der Waals surface area contributed by atoms with Crippen molar-refractivity contribution in [3.05, 3.63) is 194 Å². The van der Waals surface area contributed by atoms with Gasteiger partial charge in [-0.15, -0.1) is 11.3 Å². The summed E-state index contributed by atoms with van der Waals surface area (Å²) in [5, 5.41) is 10.2. The molecule has 0 aliphatic carbocycles. The van der Waals surface area contributed by atoms with Gasteiger partial charge in [-0.2, -0.15) is 0 Å². The molecule has 0 saturated carbocycles. The molecule has 0 atom stereocenters. The molecule has 0 N–H and O–H groups in total. The zero-order chi connectivity index (χ0) is 36.3. The fourth-order valence-corrected chi connectivity index (χ4v) is 9.37. The average molecular weight is 717 g/mol. The van der Waals surface area contributed by atoms with E-state index < -0.39 is 0 Å². The van der Waals surface area contributed by atoms with Gasteiger partial charge in [0.25, 0.3) is 0 Å². The lowest BCUT2D eigenvalue weighted by Crippen LogP contribution is -1.96. The van der Waals surface area contributed by atoms with E-state index in [9.17, 15) is 0 Å². The van der Waals surface area contributed by atoms with Crippen LogP contribution in [-0.2, 0) is 0 Å². The number of rotatable bonds is 5. The molecule has 11 aromatic rings. The highest BCUT2D eigenvalue weighted by Gasteiger charge is 2.16. The van der Waals surface area contributed by atoms with Gasteiger partial charge in [-0.1, -0.05) is 170 Å². The zero-order valence-corrected chi connectivity index (χ0v) is 30.6. The highest BCUT2D eigenvalue weighted by Crippen LogP contribution is 2.42. The van der Waals surface area contributed by atoms with Gasteiger partial charge >= 0.3 is 0 Å². The Bertz CT molecular complexity index is 3230. The Morgan fingerprint density at radius 3 is 1.69 bits per heavy atom. The van der Waals surface area contributed by atoms with E-state index in [1.54, 1.807) is 0 Å². The molecular formula is C52H32N2S. The van der Waals surface area contributed by atoms with Crippen LogP contribution in [0.4, 0.5) is 0 Å². The van der Waals surface area contributed by atoms with Crippen molar-refractivity contribution in [2.45, 2.75) is 0 Å². The maximum absolute atomic E-state index is 5.15. The van der Waals surface area contributed by atoms with Gasteiger partial charge in [-0.25, -0.2) is 9.97 Å². The molecule has 2 heterocycles. The first kappa shape index (κ1) is 31.6. The third-order valence-electron chi connectivity index (χ3n) is 10.9. The molecule has 0 unspecified atom stereocenters. The molecule has 0 aliphatic rings. The first-order valence-electron chi connectivity index (χ1n) is 18.6. The Hall–Kier alpha value is -6.94. The SMILES string of the molecule is c1ccc(-c2nc(-c3ccc(-c4c5ccccc5cc5c4ccc4ccccc45)cc3)cc(-c3ccc(-c4cccc5sc6ccccc6c45)cc3)n2)cc1. The minimum Gasteiger partial charge on any atom is -0.228 e. The number of nitrogens with zero attached hydrogens (tertiary/aromatic N) is 2. The Morgan fingerprint density at radius 1 is 0.327 bits per heavy atom. The molecule has 11 rings (SSSR count). The van der Waals surface area contributed by atoms with Crippen LogP contribution in [0.15, 0.2) is 194 Å². The van der Waals surface area contributed by atoms with Crippen molar-refractivity contribution in [3.8, 4) is 56.2 Å². The highest BCUT2D eigenvalue weighted by atomic mass is 32.1. The van der Waals surface area contributed by atoms with Crippen molar-refractivity contribution in [1.82, 2.24) is 9.97 Å². The topological polar surface area (TPSA) is 25.8 Å². The second-order valence-electron chi connectivity index (χ2n) is 14.1. The molecule has 0 aliphatic heterocycles. The summed E-state index contributed by atoms with van der Waals surface area (Å²) in [6, 6.07) is 69.8. The van der Waals surface area contributed by atoms with Gasteiger partial charge in [0.15, 0.2) is 5.82 Å². The summed E-state index contributed by atoms with van der Waals surface area (Å²) in [6.45, 7) is 0. The molecule has 0 saturated heterocycles. The Kier molecular flexibility index (Phi) is 7.39. The van der Waals surface area contributed by atoms with Crippen LogP contribution in [0.3, 0.4) is 0 Å². The second kappa shape index (κ2) is 12.9. The number of hydrogen-bond donors (Lipinski definition) is 0. The van der Waals surface area contributed by atoms with Crippen LogP contribution in [0.1, 0.15) is 0 Å². The summed E-state index contributed by atoms with van der Waals surface area (Å²) < 4.78 is 2.62. The Morgan fingerprint density at radius 2 is 0.927 bits per heavy atom. The quantitative estimate of drug-likeness (QED) is 0.131. The molecule has 256 valence electrons. The van der Waals surface area contributed by atoms with Crippen LogP contribution < -0.4 is 0 Å². The van der Waals surface area contributed by atoms with Gasteiger partial charge in [-0.3, -0.25) is 0 Å². The lowest BCUT2D eigenvalue weighted by molar-refractivity contribution is 1.18. The summed E-state index contributed by atoms with van der Waals surface area (Å²) in [5.74, 6) is 0.711. The summed E-state index contributed by atoms with van der Waals surface area (Å²) >= 11 is 1.85. The predicted octanol–water partition coefficient (Wildman–Crippen LogP) is 14.6. The predicted molar refractivity (Wildman–Crippen MR) is 235 cm³/mol. The van der Waals surface area contributed by atoms with Gasteiger partial charge in [0.1, 0.15) is 0 Å². The van der Waals surface area contributed by atoms with Gasteiger partial charge in [0, 0.05) is 36.9 Å². The van der Waals surface area contributed by atoms with Crippen molar-refractivity contribution in [2.24, 2.45) is 0 Å². The average Bonchev–Trinajstić information content (AvgIpc) is 3.65. The first-order valence-corrected chi connectivity index (χ1v) is 19.5. The van der Waals surface area contributed by atoms with Crippen LogP contribution in [0.5, 0.6) is 0 Å². The highest BCUT2D eigenvalue weighted by molar-refractivity contribution is 7.25. The third kappa shape index (κ3) is 5.40. The largest absolute Gasteiger partial charge is 0.228 e. The van der Waals surface area contributed by atoms with E-state index >= 15 is 0 Å². The monoisotopic (exact) mass is 716 g/mol. The molecular weight excluding hydrogens is 685 g/mol. The molecule has 2 nitrogen and oxygen atoms in total. The molecule has 0 fully saturated rings. The Labute approximate surface area is 322 Å². The van der Waals surface area contributed by atoms with Crippen molar-refractivity contribution in [1.29, 1.82) is 0 Å². The van der Waals surface area contributed by atoms with E-state index in [-0.39, 0.29) is 0 Å². The summed E-state index contributed by atoms with van der Waals surface area (Å²) in [6.07, 6.45) is 0. The smallest absolute Gasteiger partial charge is 0.160 e. The van der Waals surface area contributed by atoms with Crippen molar-refractivity contribution in [2.75, 3.05) is 0 Å². The summed E-state index contributed by atoms with van der Waals surface area (Å²) in [7, 11) is 0. The fourth-order valence-electron chi connectivity index (χ4n) is 8.23. The number of aromatic nitrogens is 2. The van der Waals surface area contributed by atoms with Gasteiger partial charge in [0.05, 0.1) is 11.4 Å². The molecule has 9 aromatic carbocycles. The van der Waals surface area contributed by atoms with Gasteiger partial charge < -0.3 is 0 Å². The van der Waals surface area contributed by atoms with E-state index in [0.717, 1.165) is 28.1 Å². The van der Waals surface area contributed by atoms with Gasteiger partial charge in [0.2, 0.25) is 0 Å². The molecule has 0 spiro atoms. The van der Waals surface area contributed by atoms with Crippen LogP contribution in [0.25, 0.3) is 109 Å². The van der Waals surface area contributed by atoms with Crippen LogP contribution >= 0.6 is 11.3 Å². The maximum atomic E-state index is 5.15. The minimum absolute atomic E-state index is 0.711. The van der Waals surface area contributed by atoms with Crippen molar-refractivity contribution in [3.63, 3.8) is 0 Å². The molecule has 0 amide bonds. The summed E-state index contributed by atoms with van der Waals surface area (Å²) in [5.41, 5.74) is 9.76. The van der Waals surface area contributed by atoms with E-state index in [2.05, 4.69) is 176 Å². The van der Waals surface area contributed by atoms with E-state index in [4.69, 9.17) is 9.97 Å².